The van der Waals surface area contributed by atoms with Gasteiger partial charge in [-0.15, -0.1) is 0 Å². The Labute approximate surface area is 146 Å². The molecule has 1 fully saturated rings. The summed E-state index contributed by atoms with van der Waals surface area (Å²) in [4.78, 5) is 22.1. The molecule has 0 aliphatic carbocycles. The number of carbonyl (C=O) groups excluding carboxylic acids is 1. The van der Waals surface area contributed by atoms with Gasteiger partial charge in [0.1, 0.15) is 5.52 Å². The maximum absolute atomic E-state index is 12.3. The van der Waals surface area contributed by atoms with Crippen molar-refractivity contribution < 1.29 is 4.79 Å². The molecule has 3 N–H and O–H groups in total. The molecule has 6 nitrogen and oxygen atoms in total. The highest BCUT2D eigenvalue weighted by Crippen LogP contribution is 2.21. The Morgan fingerprint density at radius 2 is 1.92 bits per heavy atom. The zero-order valence-corrected chi connectivity index (χ0v) is 13.9. The molecule has 0 radical (unpaired) electrons. The first-order chi connectivity index (χ1) is 12.3. The Hall–Kier alpha value is -3.02. The van der Waals surface area contributed by atoms with E-state index in [4.69, 9.17) is 0 Å². The molecule has 0 spiro atoms. The van der Waals surface area contributed by atoms with Crippen molar-refractivity contribution in [3.05, 3.63) is 54.9 Å². The van der Waals surface area contributed by atoms with Gasteiger partial charge in [0.05, 0.1) is 11.2 Å². The summed E-state index contributed by atoms with van der Waals surface area (Å²) in [5.41, 5.74) is 3.63. The third-order valence-electron chi connectivity index (χ3n) is 4.63. The van der Waals surface area contributed by atoms with E-state index in [0.29, 0.717) is 5.69 Å². The number of anilines is 2. The summed E-state index contributed by atoms with van der Waals surface area (Å²) < 4.78 is 0. The van der Waals surface area contributed by atoms with Gasteiger partial charge >= 0.3 is 6.03 Å². The number of fused-ring (bicyclic) bond motifs is 1. The zero-order valence-electron chi connectivity index (χ0n) is 13.9. The number of piperidine rings is 1. The molecule has 1 aromatic carbocycles. The van der Waals surface area contributed by atoms with Gasteiger partial charge in [-0.2, -0.15) is 0 Å². The minimum atomic E-state index is -0.176. The number of hydrogen-bond acceptors (Lipinski definition) is 3. The van der Waals surface area contributed by atoms with Gasteiger partial charge in [0.2, 0.25) is 0 Å². The van der Waals surface area contributed by atoms with Crippen molar-refractivity contribution in [3.63, 3.8) is 0 Å². The Morgan fingerprint density at radius 3 is 2.72 bits per heavy atom. The van der Waals surface area contributed by atoms with E-state index in [-0.39, 0.29) is 12.1 Å². The average Bonchev–Trinajstić information content (AvgIpc) is 3.06. The Morgan fingerprint density at radius 1 is 1.12 bits per heavy atom. The number of urea groups is 1. The minimum absolute atomic E-state index is 0.176. The molecule has 128 valence electrons. The van der Waals surface area contributed by atoms with Crippen molar-refractivity contribution in [2.75, 3.05) is 23.3 Å². The second-order valence-electron chi connectivity index (χ2n) is 6.30. The van der Waals surface area contributed by atoms with E-state index in [1.54, 1.807) is 12.4 Å². The average molecular weight is 335 g/mol. The van der Waals surface area contributed by atoms with E-state index in [2.05, 4.69) is 49.8 Å². The van der Waals surface area contributed by atoms with E-state index in [0.717, 1.165) is 37.0 Å². The normalized spacial score (nSPS) is 15.3. The maximum atomic E-state index is 12.3. The van der Waals surface area contributed by atoms with Gasteiger partial charge in [-0.05, 0) is 37.1 Å². The van der Waals surface area contributed by atoms with Crippen molar-refractivity contribution in [2.45, 2.75) is 18.9 Å². The lowest BCUT2D eigenvalue weighted by molar-refractivity contribution is 0.246. The summed E-state index contributed by atoms with van der Waals surface area (Å²) in [5, 5.41) is 5.97. The highest BCUT2D eigenvalue weighted by Gasteiger charge is 2.21. The van der Waals surface area contributed by atoms with Crippen LogP contribution in [0.3, 0.4) is 0 Å². The van der Waals surface area contributed by atoms with E-state index < -0.39 is 0 Å². The molecule has 1 aliphatic rings. The van der Waals surface area contributed by atoms with E-state index in [9.17, 15) is 4.79 Å². The number of aromatic nitrogens is 2. The highest BCUT2D eigenvalue weighted by atomic mass is 16.2. The van der Waals surface area contributed by atoms with E-state index in [1.807, 2.05) is 18.2 Å². The topological polar surface area (TPSA) is 73.0 Å². The number of H-pyrrole nitrogens is 1. The molecule has 3 heterocycles. The van der Waals surface area contributed by atoms with Gasteiger partial charge in [-0.1, -0.05) is 18.2 Å². The highest BCUT2D eigenvalue weighted by molar-refractivity contribution is 5.99. The molecule has 0 atom stereocenters. The molecule has 6 heteroatoms. The quantitative estimate of drug-likeness (QED) is 0.687. The molecule has 0 unspecified atom stereocenters. The van der Waals surface area contributed by atoms with Crippen LogP contribution in [0.5, 0.6) is 0 Å². The fraction of sp³-hybridized carbons (Fsp3) is 0.263. The number of nitrogens with zero attached hydrogens (tertiary/aromatic N) is 2. The Kier molecular flexibility index (Phi) is 4.24. The van der Waals surface area contributed by atoms with Crippen molar-refractivity contribution >= 4 is 28.4 Å². The third-order valence-corrected chi connectivity index (χ3v) is 4.63. The zero-order chi connectivity index (χ0) is 17.1. The van der Waals surface area contributed by atoms with Gasteiger partial charge in [0.15, 0.2) is 0 Å². The van der Waals surface area contributed by atoms with Crippen LogP contribution in [0.4, 0.5) is 16.2 Å². The fourth-order valence-corrected chi connectivity index (χ4v) is 3.31. The second-order valence-corrected chi connectivity index (χ2v) is 6.30. The van der Waals surface area contributed by atoms with E-state index in [1.165, 1.54) is 5.69 Å². The van der Waals surface area contributed by atoms with Crippen molar-refractivity contribution in [3.8, 4) is 0 Å². The second kappa shape index (κ2) is 6.84. The molecule has 4 rings (SSSR count). The first-order valence-corrected chi connectivity index (χ1v) is 8.59. The summed E-state index contributed by atoms with van der Waals surface area (Å²) in [6.45, 7) is 1.90. The molecule has 1 aliphatic heterocycles. The van der Waals surface area contributed by atoms with Crippen LogP contribution in [-0.4, -0.2) is 35.1 Å². The predicted molar refractivity (Wildman–Crippen MR) is 99.9 cm³/mol. The number of carbonyl (C=O) groups is 1. The third kappa shape index (κ3) is 3.42. The van der Waals surface area contributed by atoms with Crippen LogP contribution in [0.2, 0.25) is 0 Å². The van der Waals surface area contributed by atoms with Crippen LogP contribution < -0.4 is 15.5 Å². The minimum Gasteiger partial charge on any atom is -0.371 e. The number of rotatable bonds is 3. The SMILES string of the molecule is O=C(Nc1c[nH]c2cccnc12)NC1CCN(c2ccccc2)CC1. The summed E-state index contributed by atoms with van der Waals surface area (Å²) >= 11 is 0. The number of amides is 2. The molecule has 0 bridgehead atoms. The first kappa shape index (κ1) is 15.5. The van der Waals surface area contributed by atoms with Crippen molar-refractivity contribution in [1.82, 2.24) is 15.3 Å². The Balaban J connectivity index is 1.32. The van der Waals surface area contributed by atoms with Crippen molar-refractivity contribution in [2.24, 2.45) is 0 Å². The molecule has 2 amide bonds. The number of aromatic amines is 1. The van der Waals surface area contributed by atoms with Gasteiger partial charge in [0, 0.05) is 37.2 Å². The number of nitrogens with one attached hydrogen (secondary N) is 3. The lowest BCUT2D eigenvalue weighted by Crippen LogP contribution is -2.46. The number of pyridine rings is 1. The van der Waals surface area contributed by atoms with Crippen LogP contribution in [0, 0.1) is 0 Å². The molecular weight excluding hydrogens is 314 g/mol. The van der Waals surface area contributed by atoms with E-state index >= 15 is 0 Å². The number of hydrogen-bond donors (Lipinski definition) is 3. The number of benzene rings is 1. The molecular formula is C19H21N5O. The fourth-order valence-electron chi connectivity index (χ4n) is 3.31. The largest absolute Gasteiger partial charge is 0.371 e. The summed E-state index contributed by atoms with van der Waals surface area (Å²) in [7, 11) is 0. The van der Waals surface area contributed by atoms with Crippen LogP contribution in [-0.2, 0) is 0 Å². The standard InChI is InChI=1S/C19H21N5O/c25-19(23-17-13-21-16-7-4-10-20-18(16)17)22-14-8-11-24(12-9-14)15-5-2-1-3-6-15/h1-7,10,13-14,21H,8-9,11-12H2,(H2,22,23,25). The summed E-state index contributed by atoms with van der Waals surface area (Å²) in [6.07, 6.45) is 5.37. The first-order valence-electron chi connectivity index (χ1n) is 8.59. The summed E-state index contributed by atoms with van der Waals surface area (Å²) in [5.74, 6) is 0. The van der Waals surface area contributed by atoms with Crippen LogP contribution in [0.15, 0.2) is 54.9 Å². The van der Waals surface area contributed by atoms with Crippen LogP contribution in [0.1, 0.15) is 12.8 Å². The van der Waals surface area contributed by atoms with Gasteiger partial charge < -0.3 is 20.5 Å². The van der Waals surface area contributed by atoms with Crippen molar-refractivity contribution in [1.29, 1.82) is 0 Å². The molecule has 2 aromatic heterocycles. The smallest absolute Gasteiger partial charge is 0.319 e. The summed E-state index contributed by atoms with van der Waals surface area (Å²) in [6, 6.07) is 14.2. The number of para-hydroxylation sites is 1. The van der Waals surface area contributed by atoms with Crippen LogP contribution >= 0.6 is 0 Å². The Bertz CT molecular complexity index is 852. The lowest BCUT2D eigenvalue weighted by atomic mass is 10.0. The van der Waals surface area contributed by atoms with Gasteiger partial charge in [-0.25, -0.2) is 4.79 Å². The lowest BCUT2D eigenvalue weighted by Gasteiger charge is -2.33. The predicted octanol–water partition coefficient (Wildman–Crippen LogP) is 3.35. The maximum Gasteiger partial charge on any atom is 0.319 e. The molecule has 3 aromatic rings. The molecule has 1 saturated heterocycles. The van der Waals surface area contributed by atoms with Crippen LogP contribution in [0.25, 0.3) is 11.0 Å². The monoisotopic (exact) mass is 335 g/mol. The van der Waals surface area contributed by atoms with Gasteiger partial charge in [-0.3, -0.25) is 4.98 Å². The molecule has 25 heavy (non-hydrogen) atoms. The molecule has 0 saturated carbocycles. The van der Waals surface area contributed by atoms with Gasteiger partial charge in [0.25, 0.3) is 0 Å².